The summed E-state index contributed by atoms with van der Waals surface area (Å²) in [6.07, 6.45) is -1.76. The predicted octanol–water partition coefficient (Wildman–Crippen LogP) is 4.50. The molecule has 1 aliphatic heterocycles. The zero-order chi connectivity index (χ0) is 25.3. The summed E-state index contributed by atoms with van der Waals surface area (Å²) in [7, 11) is -3.62. The lowest BCUT2D eigenvalue weighted by atomic mass is 9.97. The quantitative estimate of drug-likeness (QED) is 0.402. The van der Waals surface area contributed by atoms with Crippen molar-refractivity contribution >= 4 is 26.6 Å². The fourth-order valence-corrected chi connectivity index (χ4v) is 5.32. The maximum absolute atomic E-state index is 12.8. The molecule has 4 aromatic rings. The Labute approximate surface area is 205 Å². The minimum Gasteiger partial charge on any atom is -0.357 e. The van der Waals surface area contributed by atoms with Crippen molar-refractivity contribution in [1.82, 2.24) is 19.8 Å². The van der Waals surface area contributed by atoms with Gasteiger partial charge in [0.1, 0.15) is 5.82 Å². The van der Waals surface area contributed by atoms with Crippen LogP contribution in [0.1, 0.15) is 18.7 Å². The molecule has 1 saturated heterocycles. The number of halogens is 3. The average molecular weight is 518 g/mol. The summed E-state index contributed by atoms with van der Waals surface area (Å²) < 4.78 is 70.6. The monoisotopic (exact) mass is 517 g/mol. The van der Waals surface area contributed by atoms with Crippen molar-refractivity contribution in [2.45, 2.75) is 23.9 Å². The Kier molecular flexibility index (Phi) is 6.39. The number of pyridine rings is 1. The number of nitrogens with one attached hydrogen (secondary N) is 1. The van der Waals surface area contributed by atoms with Gasteiger partial charge in [-0.25, -0.2) is 18.1 Å². The highest BCUT2D eigenvalue weighted by molar-refractivity contribution is 7.89. The van der Waals surface area contributed by atoms with Gasteiger partial charge in [0.2, 0.25) is 15.8 Å². The van der Waals surface area contributed by atoms with Gasteiger partial charge in [0, 0.05) is 31.4 Å². The largest absolute Gasteiger partial charge is 0.471 e. The number of hydrogen-bond donors (Lipinski definition) is 1. The highest BCUT2D eigenvalue weighted by Crippen LogP contribution is 2.30. The lowest BCUT2D eigenvalue weighted by molar-refractivity contribution is -0.159. The van der Waals surface area contributed by atoms with Crippen LogP contribution in [0.2, 0.25) is 0 Å². The van der Waals surface area contributed by atoms with Gasteiger partial charge in [-0.3, -0.25) is 0 Å². The molecule has 36 heavy (non-hydrogen) atoms. The van der Waals surface area contributed by atoms with E-state index in [4.69, 9.17) is 0 Å². The molecule has 5 rings (SSSR count). The molecule has 188 valence electrons. The van der Waals surface area contributed by atoms with Crippen LogP contribution in [0.5, 0.6) is 0 Å². The van der Waals surface area contributed by atoms with Crippen molar-refractivity contribution in [3.05, 3.63) is 66.7 Å². The number of alkyl halides is 3. The molecule has 0 radical (unpaired) electrons. The molecule has 0 bridgehead atoms. The fraction of sp³-hybridized carbons (Fsp3) is 0.292. The van der Waals surface area contributed by atoms with Crippen LogP contribution in [0.3, 0.4) is 0 Å². The molecule has 1 aliphatic rings. The molecule has 2 aromatic carbocycles. The molecule has 0 amide bonds. The van der Waals surface area contributed by atoms with Crippen LogP contribution in [0.4, 0.5) is 19.0 Å². The third-order valence-electron chi connectivity index (χ3n) is 6.21. The number of anilines is 1. The van der Waals surface area contributed by atoms with Crippen molar-refractivity contribution in [1.29, 1.82) is 0 Å². The first-order valence-corrected chi connectivity index (χ1v) is 12.8. The number of hydrogen-bond acceptors (Lipinski definition) is 7. The summed E-state index contributed by atoms with van der Waals surface area (Å²) in [4.78, 5) is 10.00. The molecule has 0 saturated carbocycles. The second-order valence-electron chi connectivity index (χ2n) is 8.62. The van der Waals surface area contributed by atoms with Crippen LogP contribution in [-0.4, -0.2) is 43.2 Å². The van der Waals surface area contributed by atoms with Crippen LogP contribution >= 0.6 is 0 Å². The number of nitrogens with zero attached hydrogens (tertiary/aromatic N) is 4. The Morgan fingerprint density at radius 1 is 1.03 bits per heavy atom. The van der Waals surface area contributed by atoms with E-state index in [-0.39, 0.29) is 16.6 Å². The number of sulfonamides is 1. The first kappa shape index (κ1) is 24.2. The van der Waals surface area contributed by atoms with Gasteiger partial charge in [-0.05, 0) is 53.8 Å². The summed E-state index contributed by atoms with van der Waals surface area (Å²) in [6.45, 7) is 1.69. The number of fused-ring (bicyclic) bond motifs is 1. The zero-order valence-electron chi connectivity index (χ0n) is 18.9. The molecule has 1 N–H and O–H groups in total. The number of benzene rings is 2. The van der Waals surface area contributed by atoms with Gasteiger partial charge in [-0.15, -0.1) is 0 Å². The van der Waals surface area contributed by atoms with E-state index in [0.29, 0.717) is 31.0 Å². The summed E-state index contributed by atoms with van der Waals surface area (Å²) >= 11 is 0. The van der Waals surface area contributed by atoms with E-state index in [1.807, 2.05) is 24.3 Å². The first-order chi connectivity index (χ1) is 17.2. The molecule has 0 aliphatic carbocycles. The van der Waals surface area contributed by atoms with Gasteiger partial charge in [-0.1, -0.05) is 35.5 Å². The minimum absolute atomic E-state index is 0.177. The maximum Gasteiger partial charge on any atom is 0.471 e. The molecule has 2 aromatic heterocycles. The standard InChI is InChI=1S/C24H22F3N5O3S/c25-24(26,27)23-30-22(31-35-23)19-6-8-21(28-15-19)32-11-9-16(10-12-32)14-29-36(33,34)20-7-5-17-3-1-2-4-18(17)13-20/h1-8,13,15-16,29H,9-12,14H2. The number of aromatic nitrogens is 3. The van der Waals surface area contributed by atoms with E-state index in [9.17, 15) is 21.6 Å². The van der Waals surface area contributed by atoms with Crippen LogP contribution in [0.25, 0.3) is 22.2 Å². The van der Waals surface area contributed by atoms with E-state index >= 15 is 0 Å². The highest BCUT2D eigenvalue weighted by Gasteiger charge is 2.38. The second kappa shape index (κ2) is 9.51. The van der Waals surface area contributed by atoms with E-state index < -0.39 is 22.1 Å². The van der Waals surface area contributed by atoms with Crippen LogP contribution in [0, 0.1) is 5.92 Å². The Bertz CT molecular complexity index is 1460. The number of rotatable bonds is 6. The van der Waals surface area contributed by atoms with E-state index in [1.54, 1.807) is 30.3 Å². The van der Waals surface area contributed by atoms with Crippen molar-refractivity contribution in [2.24, 2.45) is 5.92 Å². The van der Waals surface area contributed by atoms with Crippen molar-refractivity contribution in [2.75, 3.05) is 24.5 Å². The normalized spacial score (nSPS) is 15.5. The van der Waals surface area contributed by atoms with Crippen LogP contribution in [-0.2, 0) is 16.2 Å². The SMILES string of the molecule is O=S(=O)(NCC1CCN(c2ccc(-c3noc(C(F)(F)F)n3)cn2)CC1)c1ccc2ccccc2c1. The molecule has 12 heteroatoms. The highest BCUT2D eigenvalue weighted by atomic mass is 32.2. The fourth-order valence-electron chi connectivity index (χ4n) is 4.17. The van der Waals surface area contributed by atoms with Crippen molar-refractivity contribution < 1.29 is 26.1 Å². The summed E-state index contributed by atoms with van der Waals surface area (Å²) in [5, 5.41) is 5.21. The van der Waals surface area contributed by atoms with Crippen LogP contribution < -0.4 is 9.62 Å². The second-order valence-corrected chi connectivity index (χ2v) is 10.4. The van der Waals surface area contributed by atoms with Gasteiger partial charge >= 0.3 is 12.1 Å². The predicted molar refractivity (Wildman–Crippen MR) is 127 cm³/mol. The molecule has 0 unspecified atom stereocenters. The van der Waals surface area contributed by atoms with Gasteiger partial charge in [-0.2, -0.15) is 18.2 Å². The number of piperidine rings is 1. The molecule has 1 fully saturated rings. The topological polar surface area (TPSA) is 101 Å². The third kappa shape index (κ3) is 5.19. The molecule has 0 spiro atoms. The molecule has 0 atom stereocenters. The Morgan fingerprint density at radius 3 is 2.44 bits per heavy atom. The summed E-state index contributed by atoms with van der Waals surface area (Å²) in [5.74, 6) is -0.733. The van der Waals surface area contributed by atoms with Gasteiger partial charge < -0.3 is 9.42 Å². The first-order valence-electron chi connectivity index (χ1n) is 11.3. The molecule has 8 nitrogen and oxygen atoms in total. The third-order valence-corrected chi connectivity index (χ3v) is 7.63. The Hall–Kier alpha value is -3.51. The molecular weight excluding hydrogens is 495 g/mol. The molecule has 3 heterocycles. The molecular formula is C24H22F3N5O3S. The van der Waals surface area contributed by atoms with E-state index in [1.165, 1.54) is 6.20 Å². The van der Waals surface area contributed by atoms with Crippen molar-refractivity contribution in [3.8, 4) is 11.4 Å². The summed E-state index contributed by atoms with van der Waals surface area (Å²) in [5.41, 5.74) is 0.316. The van der Waals surface area contributed by atoms with Gasteiger partial charge in [0.25, 0.3) is 0 Å². The van der Waals surface area contributed by atoms with E-state index in [0.717, 1.165) is 23.6 Å². The maximum atomic E-state index is 12.8. The summed E-state index contributed by atoms with van der Waals surface area (Å²) in [6, 6.07) is 16.0. The Balaban J connectivity index is 1.16. The lowest BCUT2D eigenvalue weighted by Gasteiger charge is -2.32. The Morgan fingerprint density at radius 2 is 1.78 bits per heavy atom. The smallest absolute Gasteiger partial charge is 0.357 e. The lowest BCUT2D eigenvalue weighted by Crippen LogP contribution is -2.39. The minimum atomic E-state index is -4.70. The van der Waals surface area contributed by atoms with Gasteiger partial charge in [0.05, 0.1) is 4.90 Å². The average Bonchev–Trinajstić information content (AvgIpc) is 3.39. The van der Waals surface area contributed by atoms with Crippen molar-refractivity contribution in [3.63, 3.8) is 0 Å². The zero-order valence-corrected chi connectivity index (χ0v) is 19.8. The van der Waals surface area contributed by atoms with Crippen LogP contribution in [0.15, 0.2) is 70.2 Å². The van der Waals surface area contributed by atoms with Gasteiger partial charge in [0.15, 0.2) is 0 Å². The van der Waals surface area contributed by atoms with E-state index in [2.05, 4.69) is 29.3 Å².